The highest BCUT2D eigenvalue weighted by molar-refractivity contribution is 5.47. The number of nitrogens with zero attached hydrogens (tertiary/aromatic N) is 1. The van der Waals surface area contributed by atoms with Crippen LogP contribution >= 0.6 is 0 Å². The number of benzene rings is 1. The quantitative estimate of drug-likeness (QED) is 0.821. The van der Waals surface area contributed by atoms with Crippen LogP contribution in [0.3, 0.4) is 0 Å². The Balaban J connectivity index is 2.73. The summed E-state index contributed by atoms with van der Waals surface area (Å²) in [5, 5.41) is 3.26. The van der Waals surface area contributed by atoms with Gasteiger partial charge in [0.15, 0.2) is 0 Å². The summed E-state index contributed by atoms with van der Waals surface area (Å²) < 4.78 is 13.6. The van der Waals surface area contributed by atoms with Gasteiger partial charge in [-0.3, -0.25) is 0 Å². The van der Waals surface area contributed by atoms with Crippen LogP contribution in [0.1, 0.15) is 19.4 Å². The van der Waals surface area contributed by atoms with E-state index in [0.717, 1.165) is 5.56 Å². The third-order valence-corrected chi connectivity index (χ3v) is 2.21. The smallest absolute Gasteiger partial charge is 0.146 e. The predicted molar refractivity (Wildman–Crippen MR) is 62.7 cm³/mol. The van der Waals surface area contributed by atoms with Crippen LogP contribution in [0.25, 0.3) is 0 Å². The number of halogens is 1. The van der Waals surface area contributed by atoms with E-state index in [4.69, 9.17) is 0 Å². The second-order valence-corrected chi connectivity index (χ2v) is 4.22. The minimum atomic E-state index is -0.164. The topological polar surface area (TPSA) is 15.3 Å². The van der Waals surface area contributed by atoms with Crippen molar-refractivity contribution in [1.82, 2.24) is 5.32 Å². The number of anilines is 1. The summed E-state index contributed by atoms with van der Waals surface area (Å²) in [5.74, 6) is -0.164. The van der Waals surface area contributed by atoms with Gasteiger partial charge in [0.05, 0.1) is 5.69 Å². The van der Waals surface area contributed by atoms with Gasteiger partial charge in [-0.2, -0.15) is 0 Å². The minimum Gasteiger partial charge on any atom is -0.375 e. The van der Waals surface area contributed by atoms with Gasteiger partial charge < -0.3 is 10.2 Å². The Bertz CT molecular complexity index is 321. The summed E-state index contributed by atoms with van der Waals surface area (Å²) in [6.07, 6.45) is 0. The Hall–Kier alpha value is -1.09. The van der Waals surface area contributed by atoms with Gasteiger partial charge in [-0.05, 0) is 17.7 Å². The highest BCUT2D eigenvalue weighted by Gasteiger charge is 2.05. The van der Waals surface area contributed by atoms with Crippen molar-refractivity contribution in [3.8, 4) is 0 Å². The fourth-order valence-corrected chi connectivity index (χ4v) is 1.35. The monoisotopic (exact) mass is 210 g/mol. The molecule has 0 aromatic heterocycles. The Morgan fingerprint density at radius 1 is 1.33 bits per heavy atom. The van der Waals surface area contributed by atoms with Crippen LogP contribution in [-0.2, 0) is 6.54 Å². The molecule has 0 amide bonds. The van der Waals surface area contributed by atoms with E-state index in [1.165, 1.54) is 0 Å². The van der Waals surface area contributed by atoms with E-state index in [0.29, 0.717) is 18.3 Å². The molecule has 0 saturated carbocycles. The molecule has 0 aliphatic carbocycles. The van der Waals surface area contributed by atoms with Crippen molar-refractivity contribution >= 4 is 5.69 Å². The summed E-state index contributed by atoms with van der Waals surface area (Å²) in [7, 11) is 3.68. The highest BCUT2D eigenvalue weighted by atomic mass is 19.1. The average Bonchev–Trinajstić information content (AvgIpc) is 2.14. The fourth-order valence-electron chi connectivity index (χ4n) is 1.35. The molecular formula is C12H19FN2. The van der Waals surface area contributed by atoms with Crippen LogP contribution in [-0.4, -0.2) is 20.1 Å². The molecule has 1 aromatic rings. The van der Waals surface area contributed by atoms with Gasteiger partial charge in [-0.25, -0.2) is 4.39 Å². The molecule has 0 radical (unpaired) electrons. The highest BCUT2D eigenvalue weighted by Crippen LogP contribution is 2.18. The SMILES string of the molecule is CC(C)NCc1ccc(N(C)C)c(F)c1. The maximum atomic E-state index is 13.6. The zero-order chi connectivity index (χ0) is 11.4. The molecule has 1 rings (SSSR count). The zero-order valence-corrected chi connectivity index (χ0v) is 9.84. The lowest BCUT2D eigenvalue weighted by atomic mass is 10.2. The second-order valence-electron chi connectivity index (χ2n) is 4.22. The normalized spacial score (nSPS) is 10.8. The molecule has 2 nitrogen and oxygen atoms in total. The zero-order valence-electron chi connectivity index (χ0n) is 9.84. The van der Waals surface area contributed by atoms with Crippen molar-refractivity contribution in [3.05, 3.63) is 29.6 Å². The summed E-state index contributed by atoms with van der Waals surface area (Å²) in [4.78, 5) is 1.77. The molecule has 0 atom stereocenters. The third kappa shape index (κ3) is 3.51. The van der Waals surface area contributed by atoms with Gasteiger partial charge in [0.25, 0.3) is 0 Å². The molecule has 0 bridgehead atoms. The van der Waals surface area contributed by atoms with Crippen LogP contribution in [0, 0.1) is 5.82 Å². The number of nitrogens with one attached hydrogen (secondary N) is 1. The molecule has 0 spiro atoms. The number of hydrogen-bond donors (Lipinski definition) is 1. The van der Waals surface area contributed by atoms with Crippen molar-refractivity contribution in [2.45, 2.75) is 26.4 Å². The Labute approximate surface area is 91.1 Å². The van der Waals surface area contributed by atoms with Crippen LogP contribution in [0.5, 0.6) is 0 Å². The number of rotatable bonds is 4. The molecule has 1 aromatic carbocycles. The molecule has 0 fully saturated rings. The molecule has 3 heteroatoms. The lowest BCUT2D eigenvalue weighted by molar-refractivity contribution is 0.581. The summed E-state index contributed by atoms with van der Waals surface area (Å²) in [5.41, 5.74) is 1.61. The maximum absolute atomic E-state index is 13.6. The fraction of sp³-hybridized carbons (Fsp3) is 0.500. The molecule has 0 aliphatic heterocycles. The van der Waals surface area contributed by atoms with E-state index in [2.05, 4.69) is 19.2 Å². The second kappa shape index (κ2) is 5.12. The first kappa shape index (κ1) is 12.0. The van der Waals surface area contributed by atoms with Gasteiger partial charge in [0.1, 0.15) is 5.82 Å². The van der Waals surface area contributed by atoms with Crippen molar-refractivity contribution < 1.29 is 4.39 Å². The van der Waals surface area contributed by atoms with Gasteiger partial charge in [0, 0.05) is 26.7 Å². The van der Waals surface area contributed by atoms with E-state index < -0.39 is 0 Å². The van der Waals surface area contributed by atoms with Crippen LogP contribution in [0.4, 0.5) is 10.1 Å². The van der Waals surface area contributed by atoms with Crippen molar-refractivity contribution in [2.75, 3.05) is 19.0 Å². The summed E-state index contributed by atoms with van der Waals surface area (Å²) >= 11 is 0. The number of hydrogen-bond acceptors (Lipinski definition) is 2. The van der Waals surface area contributed by atoms with Crippen molar-refractivity contribution in [1.29, 1.82) is 0 Å². The average molecular weight is 210 g/mol. The molecule has 15 heavy (non-hydrogen) atoms. The third-order valence-electron chi connectivity index (χ3n) is 2.21. The van der Waals surface area contributed by atoms with Gasteiger partial charge in [-0.15, -0.1) is 0 Å². The van der Waals surface area contributed by atoms with Gasteiger partial charge >= 0.3 is 0 Å². The van der Waals surface area contributed by atoms with E-state index >= 15 is 0 Å². The Kier molecular flexibility index (Phi) is 4.09. The maximum Gasteiger partial charge on any atom is 0.146 e. The molecule has 0 saturated heterocycles. The van der Waals surface area contributed by atoms with E-state index in [1.54, 1.807) is 11.0 Å². The minimum absolute atomic E-state index is 0.164. The largest absolute Gasteiger partial charge is 0.375 e. The first-order valence-corrected chi connectivity index (χ1v) is 5.20. The standard InChI is InChI=1S/C12H19FN2/c1-9(2)14-8-10-5-6-12(15(3)4)11(13)7-10/h5-7,9,14H,8H2,1-4H3. The lowest BCUT2D eigenvalue weighted by Gasteiger charge is -2.15. The Morgan fingerprint density at radius 3 is 2.47 bits per heavy atom. The molecule has 84 valence electrons. The van der Waals surface area contributed by atoms with Crippen LogP contribution in [0.15, 0.2) is 18.2 Å². The van der Waals surface area contributed by atoms with Crippen LogP contribution < -0.4 is 10.2 Å². The predicted octanol–water partition coefficient (Wildman–Crippen LogP) is 2.39. The van der Waals surface area contributed by atoms with Gasteiger partial charge in [0.2, 0.25) is 0 Å². The van der Waals surface area contributed by atoms with Crippen molar-refractivity contribution in [2.24, 2.45) is 0 Å². The molecule has 0 aliphatic rings. The first-order chi connectivity index (χ1) is 7.00. The molecule has 0 heterocycles. The van der Waals surface area contributed by atoms with Crippen LogP contribution in [0.2, 0.25) is 0 Å². The molecular weight excluding hydrogens is 191 g/mol. The lowest BCUT2D eigenvalue weighted by Crippen LogP contribution is -2.22. The van der Waals surface area contributed by atoms with E-state index in [1.807, 2.05) is 26.2 Å². The van der Waals surface area contributed by atoms with E-state index in [-0.39, 0.29) is 5.82 Å². The summed E-state index contributed by atoms with van der Waals surface area (Å²) in [6, 6.07) is 5.77. The van der Waals surface area contributed by atoms with Crippen molar-refractivity contribution in [3.63, 3.8) is 0 Å². The molecule has 0 unspecified atom stereocenters. The summed E-state index contributed by atoms with van der Waals surface area (Å²) in [6.45, 7) is 4.86. The van der Waals surface area contributed by atoms with Gasteiger partial charge in [-0.1, -0.05) is 19.9 Å². The van der Waals surface area contributed by atoms with E-state index in [9.17, 15) is 4.39 Å². The Morgan fingerprint density at radius 2 is 2.00 bits per heavy atom. The molecule has 1 N–H and O–H groups in total. The first-order valence-electron chi connectivity index (χ1n) is 5.20.